The number of aromatic nitrogens is 1. The van der Waals surface area contributed by atoms with Crippen molar-refractivity contribution in [2.45, 2.75) is 12.3 Å². The van der Waals surface area contributed by atoms with Gasteiger partial charge in [0, 0.05) is 23.0 Å². The van der Waals surface area contributed by atoms with Crippen molar-refractivity contribution in [1.29, 1.82) is 0 Å². The van der Waals surface area contributed by atoms with Crippen molar-refractivity contribution >= 4 is 22.5 Å². The molecule has 3 aromatic rings. The third-order valence-electron chi connectivity index (χ3n) is 3.89. The average molecular weight is 319 g/mol. The zero-order valence-electron chi connectivity index (χ0n) is 11.8. The van der Waals surface area contributed by atoms with Crippen molar-refractivity contribution in [2.75, 3.05) is 6.54 Å². The van der Waals surface area contributed by atoms with Crippen LogP contribution in [0, 0.1) is 5.82 Å². The van der Waals surface area contributed by atoms with E-state index in [0.717, 1.165) is 22.0 Å². The molecule has 0 aliphatic carbocycles. The molecule has 0 fully saturated rings. The van der Waals surface area contributed by atoms with E-state index in [1.165, 1.54) is 12.1 Å². The number of hydrogen-bond donors (Lipinski definition) is 3. The first-order valence-electron chi connectivity index (χ1n) is 7.02. The first-order chi connectivity index (χ1) is 10.6. The maximum absolute atomic E-state index is 13.5. The van der Waals surface area contributed by atoms with Gasteiger partial charge in [-0.2, -0.15) is 0 Å². The predicted octanol–water partition coefficient (Wildman–Crippen LogP) is 3.95. The lowest BCUT2D eigenvalue weighted by molar-refractivity contribution is 0.475. The molecule has 0 bridgehead atoms. The highest BCUT2D eigenvalue weighted by atomic mass is 35.5. The van der Waals surface area contributed by atoms with Crippen molar-refractivity contribution in [3.63, 3.8) is 0 Å². The second kappa shape index (κ2) is 5.99. The second-order valence-electron chi connectivity index (χ2n) is 5.36. The Bertz CT molecular complexity index is 816. The molecular formula is C17H16ClFN2O. The number of aromatic amines is 1. The quantitative estimate of drug-likeness (QED) is 0.682. The number of hydrogen-bond acceptors (Lipinski definition) is 2. The summed E-state index contributed by atoms with van der Waals surface area (Å²) in [5, 5.41) is 10.7. The van der Waals surface area contributed by atoms with Crippen LogP contribution in [-0.4, -0.2) is 16.6 Å². The molecule has 0 radical (unpaired) electrons. The number of halogens is 2. The fourth-order valence-corrected chi connectivity index (χ4v) is 2.94. The summed E-state index contributed by atoms with van der Waals surface area (Å²) in [5.41, 5.74) is 8.77. The van der Waals surface area contributed by atoms with E-state index in [2.05, 4.69) is 4.98 Å². The van der Waals surface area contributed by atoms with E-state index in [4.69, 9.17) is 17.3 Å². The van der Waals surface area contributed by atoms with Gasteiger partial charge in [0.2, 0.25) is 0 Å². The van der Waals surface area contributed by atoms with Crippen molar-refractivity contribution in [3.8, 4) is 5.75 Å². The van der Waals surface area contributed by atoms with E-state index in [1.54, 1.807) is 18.2 Å². The van der Waals surface area contributed by atoms with Crippen LogP contribution < -0.4 is 5.73 Å². The zero-order valence-corrected chi connectivity index (χ0v) is 12.6. The Morgan fingerprint density at radius 3 is 2.77 bits per heavy atom. The highest BCUT2D eigenvalue weighted by Gasteiger charge is 2.16. The number of aromatic hydroxyl groups is 1. The lowest BCUT2D eigenvalue weighted by Gasteiger charge is -2.15. The van der Waals surface area contributed by atoms with Crippen LogP contribution >= 0.6 is 11.6 Å². The van der Waals surface area contributed by atoms with Crippen LogP contribution in [0.15, 0.2) is 42.6 Å². The normalized spacial score (nSPS) is 12.7. The first kappa shape index (κ1) is 14.9. The summed E-state index contributed by atoms with van der Waals surface area (Å²) < 4.78 is 13.5. The van der Waals surface area contributed by atoms with Gasteiger partial charge in [-0.3, -0.25) is 0 Å². The molecule has 4 N–H and O–H groups in total. The molecule has 3 nitrogen and oxygen atoms in total. The largest absolute Gasteiger partial charge is 0.506 e. The number of phenolic OH excluding ortho intramolecular Hbond substituents is 1. The van der Waals surface area contributed by atoms with Crippen LogP contribution in [0.1, 0.15) is 17.0 Å². The molecule has 0 aliphatic heterocycles. The van der Waals surface area contributed by atoms with E-state index in [0.29, 0.717) is 18.0 Å². The van der Waals surface area contributed by atoms with Crippen LogP contribution in [0.25, 0.3) is 10.9 Å². The molecule has 0 aliphatic rings. The van der Waals surface area contributed by atoms with Crippen molar-refractivity contribution < 1.29 is 9.50 Å². The Balaban J connectivity index is 1.95. The van der Waals surface area contributed by atoms with Crippen LogP contribution in [-0.2, 0) is 6.42 Å². The van der Waals surface area contributed by atoms with Crippen LogP contribution in [0.4, 0.5) is 4.39 Å². The summed E-state index contributed by atoms with van der Waals surface area (Å²) in [5.74, 6) is -0.170. The fourth-order valence-electron chi connectivity index (χ4n) is 2.73. The molecule has 1 aromatic heterocycles. The lowest BCUT2D eigenvalue weighted by atomic mass is 9.91. The Labute approximate surface area is 132 Å². The van der Waals surface area contributed by atoms with E-state index in [-0.39, 0.29) is 17.5 Å². The lowest BCUT2D eigenvalue weighted by Crippen LogP contribution is -2.14. The van der Waals surface area contributed by atoms with Gasteiger partial charge in [0.15, 0.2) is 0 Å². The highest BCUT2D eigenvalue weighted by molar-refractivity contribution is 6.32. The molecule has 1 unspecified atom stereocenters. The smallest absolute Gasteiger partial charge is 0.134 e. The summed E-state index contributed by atoms with van der Waals surface area (Å²) in [4.78, 5) is 3.15. The summed E-state index contributed by atoms with van der Waals surface area (Å²) in [6.45, 7) is 0.433. The molecule has 0 saturated heterocycles. The zero-order chi connectivity index (χ0) is 15.7. The second-order valence-corrected chi connectivity index (χ2v) is 5.76. The number of H-pyrrole nitrogens is 1. The van der Waals surface area contributed by atoms with Crippen LogP contribution in [0.2, 0.25) is 5.02 Å². The molecule has 0 saturated carbocycles. The van der Waals surface area contributed by atoms with Gasteiger partial charge in [-0.05, 0) is 54.4 Å². The number of nitrogens with one attached hydrogen (secondary N) is 1. The van der Waals surface area contributed by atoms with E-state index < -0.39 is 0 Å². The third-order valence-corrected chi connectivity index (χ3v) is 4.20. The van der Waals surface area contributed by atoms with Gasteiger partial charge in [0.05, 0.1) is 5.02 Å². The SMILES string of the molecule is NCC(Cc1ccc(O)c(Cl)c1)c1c[nH]c2ccc(F)cc12. The molecule has 0 amide bonds. The summed E-state index contributed by atoms with van der Waals surface area (Å²) in [6, 6.07) is 9.79. The van der Waals surface area contributed by atoms with Crippen molar-refractivity contribution in [3.05, 3.63) is 64.6 Å². The van der Waals surface area contributed by atoms with E-state index >= 15 is 0 Å². The molecule has 22 heavy (non-hydrogen) atoms. The van der Waals surface area contributed by atoms with Gasteiger partial charge >= 0.3 is 0 Å². The number of fused-ring (bicyclic) bond motifs is 1. The van der Waals surface area contributed by atoms with Gasteiger partial charge in [-0.15, -0.1) is 0 Å². The van der Waals surface area contributed by atoms with E-state index in [9.17, 15) is 9.50 Å². The Hall–Kier alpha value is -2.04. The first-order valence-corrected chi connectivity index (χ1v) is 7.40. The predicted molar refractivity (Wildman–Crippen MR) is 86.9 cm³/mol. The number of nitrogens with two attached hydrogens (primary N) is 1. The molecule has 1 heterocycles. The number of phenols is 1. The molecule has 2 aromatic carbocycles. The summed E-state index contributed by atoms with van der Waals surface area (Å²) in [6.07, 6.45) is 2.55. The minimum absolute atomic E-state index is 0.0381. The van der Waals surface area contributed by atoms with Gasteiger partial charge in [0.25, 0.3) is 0 Å². The molecule has 5 heteroatoms. The maximum Gasteiger partial charge on any atom is 0.134 e. The maximum atomic E-state index is 13.5. The van der Waals surface area contributed by atoms with Crippen LogP contribution in [0.5, 0.6) is 5.75 Å². The topological polar surface area (TPSA) is 62.0 Å². The Kier molecular flexibility index (Phi) is 4.05. The fraction of sp³-hybridized carbons (Fsp3) is 0.176. The molecule has 3 rings (SSSR count). The average Bonchev–Trinajstić information content (AvgIpc) is 2.91. The van der Waals surface area contributed by atoms with Crippen LogP contribution in [0.3, 0.4) is 0 Å². The summed E-state index contributed by atoms with van der Waals surface area (Å²) >= 11 is 5.94. The molecular weight excluding hydrogens is 303 g/mol. The molecule has 0 spiro atoms. The molecule has 1 atom stereocenters. The Morgan fingerprint density at radius 1 is 1.23 bits per heavy atom. The van der Waals surface area contributed by atoms with Gasteiger partial charge in [0.1, 0.15) is 11.6 Å². The minimum Gasteiger partial charge on any atom is -0.506 e. The van der Waals surface area contributed by atoms with Gasteiger partial charge < -0.3 is 15.8 Å². The third kappa shape index (κ3) is 2.80. The standard InChI is InChI=1S/C17H16ClFN2O/c18-15-6-10(1-4-17(15)22)5-11(8-20)14-9-21-16-3-2-12(19)7-13(14)16/h1-4,6-7,9,11,21-22H,5,8,20H2. The van der Waals surface area contributed by atoms with E-state index in [1.807, 2.05) is 12.3 Å². The monoisotopic (exact) mass is 318 g/mol. The minimum atomic E-state index is -0.267. The number of benzene rings is 2. The van der Waals surface area contributed by atoms with Crippen molar-refractivity contribution in [1.82, 2.24) is 4.98 Å². The van der Waals surface area contributed by atoms with Gasteiger partial charge in [-0.25, -0.2) is 4.39 Å². The molecule has 114 valence electrons. The Morgan fingerprint density at radius 2 is 2.05 bits per heavy atom. The van der Waals surface area contributed by atoms with Gasteiger partial charge in [-0.1, -0.05) is 17.7 Å². The van der Waals surface area contributed by atoms with Crippen molar-refractivity contribution in [2.24, 2.45) is 5.73 Å². The summed E-state index contributed by atoms with van der Waals surface area (Å²) in [7, 11) is 0. The number of rotatable bonds is 4. The highest BCUT2D eigenvalue weighted by Crippen LogP contribution is 2.30.